The van der Waals surface area contributed by atoms with Gasteiger partial charge in [-0.25, -0.2) is 0 Å². The Morgan fingerprint density at radius 2 is 1.61 bits per heavy atom. The van der Waals surface area contributed by atoms with Crippen LogP contribution in [-0.2, 0) is 14.2 Å². The summed E-state index contributed by atoms with van der Waals surface area (Å²) in [6, 6.07) is -0.746. The maximum atomic E-state index is 10.2. The summed E-state index contributed by atoms with van der Waals surface area (Å²) in [6.45, 7) is 1.14. The van der Waals surface area contributed by atoms with Crippen molar-refractivity contribution >= 4 is 0 Å². The Labute approximate surface area is 133 Å². The van der Waals surface area contributed by atoms with Crippen molar-refractivity contribution in [2.24, 2.45) is 11.5 Å². The largest absolute Gasteiger partial charge is 0.394 e. The second-order valence-corrected chi connectivity index (χ2v) is 5.98. The van der Waals surface area contributed by atoms with Crippen LogP contribution in [0.3, 0.4) is 0 Å². The van der Waals surface area contributed by atoms with Crippen molar-refractivity contribution in [3.05, 3.63) is 0 Å². The predicted molar refractivity (Wildman–Crippen MR) is 76.0 cm³/mol. The second-order valence-electron chi connectivity index (χ2n) is 5.98. The first kappa shape index (κ1) is 18.9. The van der Waals surface area contributed by atoms with Crippen molar-refractivity contribution in [3.8, 4) is 0 Å². The van der Waals surface area contributed by atoms with Gasteiger partial charge in [-0.15, -0.1) is 0 Å². The zero-order valence-corrected chi connectivity index (χ0v) is 12.8. The van der Waals surface area contributed by atoms with Gasteiger partial charge in [0.1, 0.15) is 42.7 Å². The molecule has 0 aromatic heterocycles. The highest BCUT2D eigenvalue weighted by Crippen LogP contribution is 2.28. The van der Waals surface area contributed by atoms with Crippen molar-refractivity contribution in [1.29, 1.82) is 0 Å². The van der Waals surface area contributed by atoms with Crippen molar-refractivity contribution in [2.45, 2.75) is 68.1 Å². The lowest BCUT2D eigenvalue weighted by molar-refractivity contribution is -0.326. The summed E-state index contributed by atoms with van der Waals surface area (Å²) < 4.78 is 16.3. The van der Waals surface area contributed by atoms with Crippen LogP contribution in [0.15, 0.2) is 0 Å². The van der Waals surface area contributed by atoms with Gasteiger partial charge in [-0.3, -0.25) is 0 Å². The van der Waals surface area contributed by atoms with Crippen molar-refractivity contribution in [2.75, 3.05) is 13.2 Å². The van der Waals surface area contributed by atoms with Gasteiger partial charge in [-0.05, 0) is 6.92 Å². The molecule has 2 saturated heterocycles. The van der Waals surface area contributed by atoms with Crippen LogP contribution in [0.25, 0.3) is 0 Å². The van der Waals surface area contributed by atoms with Crippen LogP contribution in [0, 0.1) is 0 Å². The second kappa shape index (κ2) is 7.66. The number of rotatable bonds is 4. The zero-order valence-electron chi connectivity index (χ0n) is 12.8. The molecule has 10 nitrogen and oxygen atoms in total. The minimum atomic E-state index is -1.54. The van der Waals surface area contributed by atoms with E-state index in [1.807, 2.05) is 0 Å². The minimum absolute atomic E-state index is 0.0944. The van der Waals surface area contributed by atoms with Gasteiger partial charge in [0.25, 0.3) is 0 Å². The van der Waals surface area contributed by atoms with Gasteiger partial charge in [0, 0.05) is 6.54 Å². The first-order valence-corrected chi connectivity index (χ1v) is 7.57. The van der Waals surface area contributed by atoms with Crippen LogP contribution < -0.4 is 11.5 Å². The zero-order chi connectivity index (χ0) is 17.3. The highest BCUT2D eigenvalue weighted by atomic mass is 16.7. The van der Waals surface area contributed by atoms with E-state index in [2.05, 4.69) is 0 Å². The van der Waals surface area contributed by atoms with Crippen molar-refractivity contribution < 1.29 is 39.7 Å². The molecule has 2 fully saturated rings. The van der Waals surface area contributed by atoms with Crippen LogP contribution in [0.2, 0.25) is 0 Å². The first-order valence-electron chi connectivity index (χ1n) is 7.57. The van der Waals surface area contributed by atoms with Gasteiger partial charge < -0.3 is 51.2 Å². The molecule has 0 amide bonds. The van der Waals surface area contributed by atoms with Crippen molar-refractivity contribution in [1.82, 2.24) is 0 Å². The van der Waals surface area contributed by atoms with Crippen LogP contribution in [0.1, 0.15) is 6.92 Å². The molecule has 136 valence electrons. The van der Waals surface area contributed by atoms with Gasteiger partial charge in [0.2, 0.25) is 0 Å². The monoisotopic (exact) mass is 338 g/mol. The minimum Gasteiger partial charge on any atom is -0.394 e. The molecule has 10 atom stereocenters. The molecule has 0 aliphatic carbocycles. The average molecular weight is 338 g/mol. The van der Waals surface area contributed by atoms with E-state index in [0.29, 0.717) is 0 Å². The maximum Gasteiger partial charge on any atom is 0.187 e. The van der Waals surface area contributed by atoms with E-state index < -0.39 is 67.8 Å². The van der Waals surface area contributed by atoms with Crippen LogP contribution >= 0.6 is 0 Å². The van der Waals surface area contributed by atoms with Crippen molar-refractivity contribution in [3.63, 3.8) is 0 Å². The van der Waals surface area contributed by atoms with E-state index in [9.17, 15) is 25.5 Å². The fourth-order valence-electron chi connectivity index (χ4n) is 2.85. The summed E-state index contributed by atoms with van der Waals surface area (Å²) in [4.78, 5) is 0. The molecule has 2 aliphatic rings. The molecule has 23 heavy (non-hydrogen) atoms. The standard InChI is InChI=1S/C13H26N2O8/c1-4-7(15)12(9(18)6(3-16)21-4)23-13-11(20)10(19)8(17)5(2-14)22-13/h4-13,16-20H,2-3,14-15H2,1H3/t4-,5-,6-,7+,8-,9-,10+,11-,12-,13?/m1/s1. The van der Waals surface area contributed by atoms with E-state index in [-0.39, 0.29) is 6.54 Å². The number of hydrogen-bond acceptors (Lipinski definition) is 10. The Bertz CT molecular complexity index is 387. The summed E-state index contributed by atoms with van der Waals surface area (Å²) in [7, 11) is 0. The Kier molecular flexibility index (Phi) is 6.30. The van der Waals surface area contributed by atoms with Gasteiger partial charge >= 0.3 is 0 Å². The number of aliphatic hydroxyl groups is 5. The quantitative estimate of drug-likeness (QED) is 0.264. The van der Waals surface area contributed by atoms with Gasteiger partial charge in [0.05, 0.1) is 18.8 Å². The number of nitrogens with two attached hydrogens (primary N) is 2. The average Bonchev–Trinajstić information content (AvgIpc) is 2.54. The molecular formula is C13H26N2O8. The topological polar surface area (TPSA) is 181 Å². The van der Waals surface area contributed by atoms with E-state index in [1.165, 1.54) is 0 Å². The summed E-state index contributed by atoms with van der Waals surface area (Å²) in [5, 5.41) is 49.1. The third-order valence-electron chi connectivity index (χ3n) is 4.40. The number of hydrogen-bond donors (Lipinski definition) is 7. The van der Waals surface area contributed by atoms with Crippen LogP contribution in [-0.4, -0.2) is 99.8 Å². The maximum absolute atomic E-state index is 10.2. The molecule has 0 saturated carbocycles. The molecule has 2 rings (SSSR count). The normalized spacial score (nSPS) is 51.7. The molecule has 0 spiro atoms. The fraction of sp³-hybridized carbons (Fsp3) is 1.00. The van der Waals surface area contributed by atoms with Gasteiger partial charge in [-0.1, -0.05) is 0 Å². The molecule has 1 unspecified atom stereocenters. The Balaban J connectivity index is 2.11. The van der Waals surface area contributed by atoms with E-state index in [0.717, 1.165) is 0 Å². The molecular weight excluding hydrogens is 312 g/mol. The van der Waals surface area contributed by atoms with E-state index in [4.69, 9.17) is 25.7 Å². The van der Waals surface area contributed by atoms with Gasteiger partial charge in [-0.2, -0.15) is 0 Å². The predicted octanol–water partition coefficient (Wildman–Crippen LogP) is -4.39. The van der Waals surface area contributed by atoms with Gasteiger partial charge in [0.15, 0.2) is 6.29 Å². The van der Waals surface area contributed by atoms with Crippen LogP contribution in [0.5, 0.6) is 0 Å². The highest BCUT2D eigenvalue weighted by molar-refractivity contribution is 4.96. The third-order valence-corrected chi connectivity index (χ3v) is 4.40. The molecule has 0 aromatic rings. The Hall–Kier alpha value is -0.400. The first-order chi connectivity index (χ1) is 10.8. The molecule has 9 N–H and O–H groups in total. The molecule has 2 aliphatic heterocycles. The lowest BCUT2D eigenvalue weighted by atomic mass is 9.93. The summed E-state index contributed by atoms with van der Waals surface area (Å²) >= 11 is 0. The molecule has 0 bridgehead atoms. The van der Waals surface area contributed by atoms with E-state index >= 15 is 0 Å². The lowest BCUT2D eigenvalue weighted by Gasteiger charge is -2.46. The molecule has 2 heterocycles. The highest BCUT2D eigenvalue weighted by Gasteiger charge is 2.48. The number of aliphatic hydroxyl groups excluding tert-OH is 5. The Morgan fingerprint density at radius 3 is 2.17 bits per heavy atom. The third kappa shape index (κ3) is 3.66. The number of ether oxygens (including phenoxy) is 3. The molecule has 0 aromatic carbocycles. The van der Waals surface area contributed by atoms with E-state index in [1.54, 1.807) is 6.92 Å². The smallest absolute Gasteiger partial charge is 0.187 e. The Morgan fingerprint density at radius 1 is 0.957 bits per heavy atom. The SMILES string of the molecule is C[C@H]1O[C@H](CO)[C@@H](O)[C@H](OC2O[C@H](CN)[C@@H](O)[C@H](O)[C@H]2O)[C@H]1N. The lowest BCUT2D eigenvalue weighted by Crippen LogP contribution is -2.66. The summed E-state index contributed by atoms with van der Waals surface area (Å²) in [5.74, 6) is 0. The molecule has 10 heteroatoms. The summed E-state index contributed by atoms with van der Waals surface area (Å²) in [5.41, 5.74) is 11.4. The van der Waals surface area contributed by atoms with Crippen LogP contribution in [0.4, 0.5) is 0 Å². The molecule has 0 radical (unpaired) electrons. The summed E-state index contributed by atoms with van der Waals surface area (Å²) in [6.07, 6.45) is -10.3. The fourth-order valence-corrected chi connectivity index (χ4v) is 2.85.